The van der Waals surface area contributed by atoms with Crippen LogP contribution >= 0.6 is 0 Å². The Hall–Kier alpha value is -0.190. The number of aromatic amines is 1. The van der Waals surface area contributed by atoms with Gasteiger partial charge in [0.25, 0.3) is 0 Å². The summed E-state index contributed by atoms with van der Waals surface area (Å²) in [6, 6.07) is 0. The van der Waals surface area contributed by atoms with Crippen molar-refractivity contribution in [3.05, 3.63) is 23.1 Å². The predicted octanol–water partition coefficient (Wildman–Crippen LogP) is -3.83. The van der Waals surface area contributed by atoms with E-state index >= 15 is 0 Å². The normalized spacial score (nSPS) is 7.50. The third-order valence-corrected chi connectivity index (χ3v) is 0.504. The van der Waals surface area contributed by atoms with Crippen LogP contribution in [0.5, 0.6) is 0 Å². The predicted molar refractivity (Wildman–Crippen MR) is 22.7 cm³/mol. The van der Waals surface area contributed by atoms with Gasteiger partial charge in [0.15, 0.2) is 0 Å². The molecular formula is C3H3N3NaO+. The number of H-pyrrole nitrogens is 1. The van der Waals surface area contributed by atoms with E-state index in [1.807, 2.05) is 0 Å². The van der Waals surface area contributed by atoms with E-state index in [0.717, 1.165) is 0 Å². The van der Waals surface area contributed by atoms with Gasteiger partial charge in [-0.15, -0.1) is 0 Å². The molecule has 0 atom stereocenters. The summed E-state index contributed by atoms with van der Waals surface area (Å²) in [5.74, 6) is 0. The Labute approximate surface area is 67.7 Å². The maximum Gasteiger partial charge on any atom is 1.00 e. The molecule has 0 aliphatic rings. The van der Waals surface area contributed by atoms with E-state index in [0.29, 0.717) is 0 Å². The molecule has 0 radical (unpaired) electrons. The number of nitrogens with zero attached hydrogens (tertiary/aromatic N) is 2. The molecular weight excluding hydrogens is 117 g/mol. The summed E-state index contributed by atoms with van der Waals surface area (Å²) in [6.45, 7) is 0. The van der Waals surface area contributed by atoms with Crippen LogP contribution in [0.15, 0.2) is 17.4 Å². The summed E-state index contributed by atoms with van der Waals surface area (Å²) in [5, 5.41) is 0. The fourth-order valence-corrected chi connectivity index (χ4v) is 0.249. The zero-order valence-corrected chi connectivity index (χ0v) is 6.46. The van der Waals surface area contributed by atoms with Crippen molar-refractivity contribution in [3.8, 4) is 0 Å². The standard InChI is InChI=1S/C3H3N3O.Na/c7-3-5-1-4-2-6-3;/h1-2H,(H,4,5,6,7);/q;+1. The van der Waals surface area contributed by atoms with E-state index in [-0.39, 0.29) is 35.2 Å². The Balaban J connectivity index is 0.000000490. The van der Waals surface area contributed by atoms with E-state index in [1.165, 1.54) is 12.7 Å². The first-order valence-electron chi connectivity index (χ1n) is 1.74. The number of aromatic nitrogens is 3. The van der Waals surface area contributed by atoms with Crippen molar-refractivity contribution < 1.29 is 29.6 Å². The molecule has 0 aliphatic carbocycles. The minimum atomic E-state index is -0.366. The van der Waals surface area contributed by atoms with E-state index in [4.69, 9.17) is 0 Å². The average Bonchev–Trinajstić information content (AvgIpc) is 1.69. The van der Waals surface area contributed by atoms with Crippen molar-refractivity contribution in [2.75, 3.05) is 0 Å². The van der Waals surface area contributed by atoms with Gasteiger partial charge in [0.1, 0.15) is 6.33 Å². The van der Waals surface area contributed by atoms with Crippen LogP contribution in [0.4, 0.5) is 0 Å². The molecule has 1 N–H and O–H groups in total. The van der Waals surface area contributed by atoms with Crippen molar-refractivity contribution in [2.24, 2.45) is 0 Å². The van der Waals surface area contributed by atoms with Gasteiger partial charge >= 0.3 is 35.2 Å². The van der Waals surface area contributed by atoms with Crippen LogP contribution in [0.25, 0.3) is 0 Å². The molecule has 0 saturated heterocycles. The first-order chi connectivity index (χ1) is 3.39. The Morgan fingerprint density at radius 1 is 1.62 bits per heavy atom. The molecule has 0 aromatic carbocycles. The molecule has 4 nitrogen and oxygen atoms in total. The van der Waals surface area contributed by atoms with Gasteiger partial charge < -0.3 is 0 Å². The summed E-state index contributed by atoms with van der Waals surface area (Å²) in [4.78, 5) is 19.1. The van der Waals surface area contributed by atoms with Gasteiger partial charge in [0.05, 0.1) is 6.33 Å². The molecule has 0 bridgehead atoms. The molecule has 1 aromatic heterocycles. The first-order valence-corrected chi connectivity index (χ1v) is 1.74. The monoisotopic (exact) mass is 120 g/mol. The summed E-state index contributed by atoms with van der Waals surface area (Å²) in [5.41, 5.74) is -0.366. The first kappa shape index (κ1) is 7.81. The van der Waals surface area contributed by atoms with Gasteiger partial charge in [-0.05, 0) is 0 Å². The zero-order chi connectivity index (χ0) is 5.11. The van der Waals surface area contributed by atoms with Crippen LogP contribution in [-0.4, -0.2) is 15.0 Å². The molecule has 36 valence electrons. The Morgan fingerprint density at radius 2 is 2.38 bits per heavy atom. The van der Waals surface area contributed by atoms with Crippen LogP contribution in [0.3, 0.4) is 0 Å². The van der Waals surface area contributed by atoms with Crippen molar-refractivity contribution in [2.45, 2.75) is 0 Å². The van der Waals surface area contributed by atoms with Crippen molar-refractivity contribution >= 4 is 0 Å². The number of nitrogens with one attached hydrogen (secondary N) is 1. The molecule has 5 heteroatoms. The molecule has 0 spiro atoms. The second kappa shape index (κ2) is 3.77. The van der Waals surface area contributed by atoms with Gasteiger partial charge in [-0.25, -0.2) is 9.78 Å². The SMILES string of the molecule is O=c1ncnc[nH]1.[Na+]. The Morgan fingerprint density at radius 3 is 2.62 bits per heavy atom. The third kappa shape index (κ3) is 2.20. The molecule has 1 aromatic rings. The molecule has 0 unspecified atom stereocenters. The minimum Gasteiger partial charge on any atom is -0.296 e. The van der Waals surface area contributed by atoms with Gasteiger partial charge in [-0.3, -0.25) is 4.98 Å². The van der Waals surface area contributed by atoms with E-state index in [9.17, 15) is 4.79 Å². The Kier molecular flexibility index (Phi) is 3.68. The quantitative estimate of drug-likeness (QED) is 0.357. The van der Waals surface area contributed by atoms with Gasteiger partial charge in [0, 0.05) is 0 Å². The third-order valence-electron chi connectivity index (χ3n) is 0.504. The fraction of sp³-hybridized carbons (Fsp3) is 0. The van der Waals surface area contributed by atoms with E-state index in [1.54, 1.807) is 0 Å². The van der Waals surface area contributed by atoms with Gasteiger partial charge in [-0.2, -0.15) is 4.98 Å². The molecule has 0 fully saturated rings. The minimum absolute atomic E-state index is 0. The van der Waals surface area contributed by atoms with Gasteiger partial charge in [0.2, 0.25) is 0 Å². The summed E-state index contributed by atoms with van der Waals surface area (Å²) in [6.07, 6.45) is 2.48. The van der Waals surface area contributed by atoms with Crippen LogP contribution < -0.4 is 35.2 Å². The van der Waals surface area contributed by atoms with E-state index < -0.39 is 0 Å². The average molecular weight is 120 g/mol. The smallest absolute Gasteiger partial charge is 0.296 e. The molecule has 8 heavy (non-hydrogen) atoms. The topological polar surface area (TPSA) is 58.6 Å². The molecule has 1 rings (SSSR count). The summed E-state index contributed by atoms with van der Waals surface area (Å²) < 4.78 is 0. The maximum atomic E-state index is 10.1. The number of hydrogen-bond donors (Lipinski definition) is 1. The maximum absolute atomic E-state index is 10.1. The van der Waals surface area contributed by atoms with Crippen LogP contribution in [0, 0.1) is 0 Å². The van der Waals surface area contributed by atoms with Crippen molar-refractivity contribution in [1.82, 2.24) is 15.0 Å². The van der Waals surface area contributed by atoms with Crippen LogP contribution in [0.1, 0.15) is 0 Å². The molecule has 0 saturated carbocycles. The van der Waals surface area contributed by atoms with Crippen LogP contribution in [-0.2, 0) is 0 Å². The van der Waals surface area contributed by atoms with Crippen LogP contribution in [0.2, 0.25) is 0 Å². The molecule has 0 amide bonds. The van der Waals surface area contributed by atoms with Gasteiger partial charge in [-0.1, -0.05) is 0 Å². The second-order valence-electron chi connectivity index (χ2n) is 0.972. The number of hydrogen-bond acceptors (Lipinski definition) is 3. The zero-order valence-electron chi connectivity index (χ0n) is 4.46. The molecule has 1 heterocycles. The fourth-order valence-electron chi connectivity index (χ4n) is 0.249. The summed E-state index contributed by atoms with van der Waals surface area (Å²) in [7, 11) is 0. The Bertz CT molecular complexity index is 180. The largest absolute Gasteiger partial charge is 1.00 e. The number of rotatable bonds is 0. The summed E-state index contributed by atoms with van der Waals surface area (Å²) >= 11 is 0. The van der Waals surface area contributed by atoms with Crippen molar-refractivity contribution in [1.29, 1.82) is 0 Å². The van der Waals surface area contributed by atoms with Crippen molar-refractivity contribution in [3.63, 3.8) is 0 Å². The van der Waals surface area contributed by atoms with E-state index in [2.05, 4.69) is 15.0 Å². The second-order valence-corrected chi connectivity index (χ2v) is 0.972. The molecule has 0 aliphatic heterocycles.